The quantitative estimate of drug-likeness (QED) is 0.114. The van der Waals surface area contributed by atoms with Gasteiger partial charge in [-0.2, -0.15) is 0 Å². The van der Waals surface area contributed by atoms with E-state index in [0.717, 1.165) is 22.3 Å². The largest absolute Gasteiger partial charge is 0.385 e. The molecule has 0 atom stereocenters. The molecule has 246 valence electrons. The van der Waals surface area contributed by atoms with E-state index in [1.165, 1.54) is 4.90 Å². The molecule has 0 unspecified atom stereocenters. The number of barbiturate groups is 1. The zero-order chi connectivity index (χ0) is 32.4. The number of nitrogens with zero attached hydrogens (tertiary/aromatic N) is 4. The van der Waals surface area contributed by atoms with Gasteiger partial charge in [0.25, 0.3) is 17.7 Å². The molecule has 44 heavy (non-hydrogen) atoms. The highest BCUT2D eigenvalue weighted by Gasteiger charge is 2.59. The van der Waals surface area contributed by atoms with Crippen LogP contribution in [-0.2, 0) is 23.9 Å². The van der Waals surface area contributed by atoms with Crippen LogP contribution in [0.5, 0.6) is 0 Å². The number of ether oxygens (including phenoxy) is 2. The van der Waals surface area contributed by atoms with E-state index in [1.807, 2.05) is 6.92 Å². The number of rotatable bonds is 11. The summed E-state index contributed by atoms with van der Waals surface area (Å²) in [5, 5.41) is 0. The van der Waals surface area contributed by atoms with Gasteiger partial charge in [-0.05, 0) is 43.6 Å². The van der Waals surface area contributed by atoms with Gasteiger partial charge in [-0.25, -0.2) is 14.5 Å². The molecule has 0 bridgehead atoms. The smallest absolute Gasteiger partial charge is 0.334 e. The van der Waals surface area contributed by atoms with Crippen molar-refractivity contribution >= 4 is 37.9 Å². The Bertz CT molecular complexity index is 1180. The second kappa shape index (κ2) is 13.2. The molecule has 3 aliphatic heterocycles. The Labute approximate surface area is 261 Å². The molecule has 4 aliphatic rings. The van der Waals surface area contributed by atoms with Gasteiger partial charge in [0.2, 0.25) is 0 Å². The predicted molar refractivity (Wildman–Crippen MR) is 165 cm³/mol. The Morgan fingerprint density at radius 3 is 2.16 bits per heavy atom. The van der Waals surface area contributed by atoms with Crippen LogP contribution in [0.15, 0.2) is 11.4 Å². The van der Waals surface area contributed by atoms with Gasteiger partial charge in [-0.15, -0.1) is 0 Å². The highest BCUT2D eigenvalue weighted by Crippen LogP contribution is 2.44. The fourth-order valence-corrected chi connectivity index (χ4v) is 7.43. The molecule has 1 aliphatic carbocycles. The molecule has 0 aromatic rings. The molecule has 0 radical (unpaired) electrons. The summed E-state index contributed by atoms with van der Waals surface area (Å²) in [5.74, 6) is -2.13. The molecule has 0 aromatic heterocycles. The van der Waals surface area contributed by atoms with Crippen LogP contribution in [0.2, 0.25) is 25.7 Å². The maximum atomic E-state index is 13.8. The van der Waals surface area contributed by atoms with Gasteiger partial charge >= 0.3 is 12.1 Å². The van der Waals surface area contributed by atoms with Gasteiger partial charge in [0.15, 0.2) is 0 Å². The second-order valence-electron chi connectivity index (χ2n) is 14.2. The van der Waals surface area contributed by atoms with E-state index in [2.05, 4.69) is 26.6 Å². The minimum Gasteiger partial charge on any atom is -0.385 e. The molecule has 7 amide bonds. The van der Waals surface area contributed by atoms with Crippen molar-refractivity contribution in [1.29, 1.82) is 0 Å². The average Bonchev–Trinajstić information content (AvgIpc) is 3.12. The zero-order valence-corrected chi connectivity index (χ0v) is 28.0. The molecule has 3 heterocycles. The predicted octanol–water partition coefficient (Wildman–Crippen LogP) is 2.78. The Kier molecular flexibility index (Phi) is 10.2. The number of carbonyl (C=O) groups excluding carboxylic acids is 5. The molecule has 4 rings (SSSR count). The Hall–Kier alpha value is -2.97. The van der Waals surface area contributed by atoms with Crippen molar-refractivity contribution in [3.05, 3.63) is 11.4 Å². The van der Waals surface area contributed by atoms with Crippen molar-refractivity contribution in [3.8, 4) is 0 Å². The Balaban J connectivity index is 1.48. The van der Waals surface area contributed by atoms with E-state index in [4.69, 9.17) is 20.9 Å². The number of nitrogens with two attached hydrogens (primary N) is 2. The number of urea groups is 2. The Morgan fingerprint density at radius 2 is 1.59 bits per heavy atom. The third-order valence-electron chi connectivity index (χ3n) is 9.58. The summed E-state index contributed by atoms with van der Waals surface area (Å²) >= 11 is 0. The molecule has 1 saturated carbocycles. The molecule has 13 nitrogen and oxygen atoms in total. The first-order valence-electron chi connectivity index (χ1n) is 15.9. The molecule has 14 heteroatoms. The lowest BCUT2D eigenvalue weighted by atomic mass is 9.72. The standard InChI is InChI=1S/C30H50N6O7Si/c1-6-7-14-33-24(37)22(23(31)32)25(38)36(28(33)41)21-8-10-29(2,11-9-21)19-35-27(40)34(20-43-17-18-44(3,4)5)26(39)30(35)12-15-42-16-13-30/h21H,6-20,31-32H2,1-5H3. The van der Waals surface area contributed by atoms with Gasteiger partial charge in [0.1, 0.15) is 23.7 Å². The third kappa shape index (κ3) is 6.66. The van der Waals surface area contributed by atoms with Crippen molar-refractivity contribution in [2.75, 3.05) is 39.6 Å². The molecule has 1 spiro atoms. The van der Waals surface area contributed by atoms with Crippen LogP contribution in [-0.4, -0.2) is 109 Å². The molecular weight excluding hydrogens is 584 g/mol. The lowest BCUT2D eigenvalue weighted by Gasteiger charge is -2.47. The average molecular weight is 635 g/mol. The van der Waals surface area contributed by atoms with E-state index in [0.29, 0.717) is 71.3 Å². The topological polar surface area (TPSA) is 169 Å². The minimum atomic E-state index is -1.33. The van der Waals surface area contributed by atoms with Crippen LogP contribution >= 0.6 is 0 Å². The first-order valence-corrected chi connectivity index (χ1v) is 19.6. The van der Waals surface area contributed by atoms with E-state index in [-0.39, 0.29) is 36.2 Å². The summed E-state index contributed by atoms with van der Waals surface area (Å²) in [7, 11) is -1.33. The van der Waals surface area contributed by atoms with Gasteiger partial charge in [0, 0.05) is 59.9 Å². The Morgan fingerprint density at radius 1 is 0.955 bits per heavy atom. The number of hydrogen-bond donors (Lipinski definition) is 2. The van der Waals surface area contributed by atoms with Gasteiger partial charge in [-0.3, -0.25) is 24.2 Å². The zero-order valence-electron chi connectivity index (χ0n) is 27.0. The minimum absolute atomic E-state index is 0.0629. The van der Waals surface area contributed by atoms with Crippen LogP contribution in [0, 0.1) is 5.41 Å². The third-order valence-corrected chi connectivity index (χ3v) is 11.3. The molecule has 3 saturated heterocycles. The molecule has 0 aromatic carbocycles. The summed E-state index contributed by atoms with van der Waals surface area (Å²) in [4.78, 5) is 72.5. The number of unbranched alkanes of at least 4 members (excludes halogenated alkanes) is 1. The van der Waals surface area contributed by atoms with E-state index < -0.39 is 43.3 Å². The maximum absolute atomic E-state index is 13.8. The summed E-state index contributed by atoms with van der Waals surface area (Å²) < 4.78 is 11.4. The SMILES string of the molecule is CCCCN1C(=O)C(=C(N)N)C(=O)N(C2CCC(C)(CN3C(=O)N(COCC[Si](C)(C)C)C(=O)C34CCOCC4)CC2)C1=O. The normalized spacial score (nSPS) is 26.4. The lowest BCUT2D eigenvalue weighted by molar-refractivity contribution is -0.142. The highest BCUT2D eigenvalue weighted by atomic mass is 28.3. The van der Waals surface area contributed by atoms with E-state index in [9.17, 15) is 24.0 Å². The maximum Gasteiger partial charge on any atom is 0.334 e. The lowest BCUT2D eigenvalue weighted by Crippen LogP contribution is -2.61. The van der Waals surface area contributed by atoms with Crippen LogP contribution < -0.4 is 11.5 Å². The van der Waals surface area contributed by atoms with Crippen molar-refractivity contribution in [2.45, 2.75) is 102 Å². The number of amides is 7. The monoisotopic (exact) mass is 634 g/mol. The first kappa shape index (κ1) is 33.9. The first-order chi connectivity index (χ1) is 20.7. The molecule has 4 N–H and O–H groups in total. The second-order valence-corrected chi connectivity index (χ2v) is 19.9. The van der Waals surface area contributed by atoms with Gasteiger partial charge in [0.05, 0.1) is 0 Å². The van der Waals surface area contributed by atoms with E-state index >= 15 is 0 Å². The van der Waals surface area contributed by atoms with Crippen molar-refractivity contribution < 1.29 is 33.4 Å². The van der Waals surface area contributed by atoms with E-state index in [1.54, 1.807) is 4.90 Å². The number of carbonyl (C=O) groups is 5. The summed E-state index contributed by atoms with van der Waals surface area (Å²) in [6.45, 7) is 12.5. The van der Waals surface area contributed by atoms with Crippen LogP contribution in [0.1, 0.15) is 65.2 Å². The summed E-state index contributed by atoms with van der Waals surface area (Å²) in [5.41, 5.74) is 9.79. The fraction of sp³-hybridized carbons (Fsp3) is 0.767. The van der Waals surface area contributed by atoms with Crippen molar-refractivity contribution in [1.82, 2.24) is 19.6 Å². The van der Waals surface area contributed by atoms with Crippen LogP contribution in [0.4, 0.5) is 9.59 Å². The van der Waals surface area contributed by atoms with Crippen molar-refractivity contribution in [3.63, 3.8) is 0 Å². The summed E-state index contributed by atoms with van der Waals surface area (Å²) in [6.07, 6.45) is 4.38. The van der Waals surface area contributed by atoms with Crippen LogP contribution in [0.25, 0.3) is 0 Å². The molecular formula is C30H50N6O7Si. The van der Waals surface area contributed by atoms with Crippen LogP contribution in [0.3, 0.4) is 0 Å². The van der Waals surface area contributed by atoms with Gasteiger partial charge in [-0.1, -0.05) is 39.9 Å². The molecule has 4 fully saturated rings. The number of hydrogen-bond acceptors (Lipinski definition) is 9. The summed E-state index contributed by atoms with van der Waals surface area (Å²) in [6, 6.07) is -0.488. The number of imide groups is 3. The fourth-order valence-electron chi connectivity index (χ4n) is 6.67. The highest BCUT2D eigenvalue weighted by molar-refractivity contribution is 6.76. The van der Waals surface area contributed by atoms with Crippen molar-refractivity contribution in [2.24, 2.45) is 16.9 Å². The van der Waals surface area contributed by atoms with Gasteiger partial charge < -0.3 is 25.8 Å².